The molecule has 1 atom stereocenters. The van der Waals surface area contributed by atoms with Gasteiger partial charge in [-0.1, -0.05) is 30.3 Å². The van der Waals surface area contributed by atoms with Gasteiger partial charge in [-0.25, -0.2) is 0 Å². The highest BCUT2D eigenvalue weighted by Gasteiger charge is 2.28. The summed E-state index contributed by atoms with van der Waals surface area (Å²) in [6, 6.07) is 15.0. The number of benzene rings is 2. The molecule has 0 saturated carbocycles. The minimum atomic E-state index is -0.0134. The fraction of sp³-hybridized carbons (Fsp3) is 0.167. The highest BCUT2D eigenvalue weighted by molar-refractivity contribution is 6.05. The molecular weight excluding hydrogens is 262 g/mol. The molecule has 3 rings (SSSR count). The molecule has 2 aromatic rings. The Bertz CT molecular complexity index is 689. The molecule has 1 heterocycles. The van der Waals surface area contributed by atoms with Gasteiger partial charge < -0.3 is 10.0 Å². The van der Waals surface area contributed by atoms with E-state index in [4.69, 9.17) is 0 Å². The number of para-hydroxylation sites is 1. The molecule has 1 N–H and O–H groups in total. The number of fused-ring (bicyclic) bond motifs is 1. The zero-order valence-corrected chi connectivity index (χ0v) is 11.9. The maximum Gasteiger partial charge on any atom is 0.251 e. The number of carbonyl (C=O) groups excluding carboxylic acids is 1. The third-order valence-corrected chi connectivity index (χ3v) is 3.76. The lowest BCUT2D eigenvalue weighted by atomic mass is 10.1. The summed E-state index contributed by atoms with van der Waals surface area (Å²) in [6.45, 7) is 2.06. The van der Waals surface area contributed by atoms with Gasteiger partial charge in [-0.2, -0.15) is 0 Å². The Morgan fingerprint density at radius 3 is 2.67 bits per heavy atom. The Morgan fingerprint density at radius 1 is 1.19 bits per heavy atom. The van der Waals surface area contributed by atoms with Crippen molar-refractivity contribution in [2.45, 2.75) is 19.4 Å². The molecule has 1 aliphatic rings. The first-order chi connectivity index (χ1) is 10.1. The van der Waals surface area contributed by atoms with Crippen molar-refractivity contribution >= 4 is 17.7 Å². The fourth-order valence-corrected chi connectivity index (χ4v) is 2.73. The SMILES string of the molecule is CC1Cc2ccccc2N1C(=O)/C=C/c1ccc(O)cc1. The van der Waals surface area contributed by atoms with Gasteiger partial charge in [0.2, 0.25) is 0 Å². The summed E-state index contributed by atoms with van der Waals surface area (Å²) in [5.74, 6) is 0.209. The van der Waals surface area contributed by atoms with Crippen molar-refractivity contribution < 1.29 is 9.90 Å². The lowest BCUT2D eigenvalue weighted by Crippen LogP contribution is -2.34. The normalized spacial score (nSPS) is 17.2. The molecule has 0 bridgehead atoms. The Kier molecular flexibility index (Phi) is 3.48. The molecule has 21 heavy (non-hydrogen) atoms. The molecule has 1 amide bonds. The Morgan fingerprint density at radius 2 is 1.90 bits per heavy atom. The van der Waals surface area contributed by atoms with E-state index in [-0.39, 0.29) is 17.7 Å². The predicted octanol–water partition coefficient (Wildman–Crippen LogP) is 3.38. The summed E-state index contributed by atoms with van der Waals surface area (Å²) in [5, 5.41) is 9.25. The fourth-order valence-electron chi connectivity index (χ4n) is 2.73. The molecule has 0 spiro atoms. The molecule has 1 unspecified atom stereocenters. The molecule has 0 fully saturated rings. The number of phenolic OH excluding ortho intramolecular Hbond substituents is 1. The van der Waals surface area contributed by atoms with Crippen LogP contribution in [-0.2, 0) is 11.2 Å². The van der Waals surface area contributed by atoms with Gasteiger partial charge in [-0.3, -0.25) is 4.79 Å². The second kappa shape index (κ2) is 5.44. The zero-order valence-electron chi connectivity index (χ0n) is 11.9. The van der Waals surface area contributed by atoms with Gasteiger partial charge in [-0.15, -0.1) is 0 Å². The van der Waals surface area contributed by atoms with Crippen LogP contribution in [0.2, 0.25) is 0 Å². The number of hydrogen-bond acceptors (Lipinski definition) is 2. The average Bonchev–Trinajstić information content (AvgIpc) is 2.82. The average molecular weight is 279 g/mol. The van der Waals surface area contributed by atoms with Gasteiger partial charge in [0, 0.05) is 17.8 Å². The van der Waals surface area contributed by atoms with Crippen LogP contribution in [0, 0.1) is 0 Å². The van der Waals surface area contributed by atoms with Crippen molar-refractivity contribution in [2.75, 3.05) is 4.90 Å². The number of anilines is 1. The maximum absolute atomic E-state index is 12.4. The highest BCUT2D eigenvalue weighted by atomic mass is 16.3. The quantitative estimate of drug-likeness (QED) is 0.856. The zero-order chi connectivity index (χ0) is 14.8. The second-order valence-electron chi connectivity index (χ2n) is 5.31. The smallest absolute Gasteiger partial charge is 0.251 e. The van der Waals surface area contributed by atoms with Crippen molar-refractivity contribution in [3.63, 3.8) is 0 Å². The van der Waals surface area contributed by atoms with Gasteiger partial charge in [0.05, 0.1) is 0 Å². The largest absolute Gasteiger partial charge is 0.508 e. The molecule has 0 aromatic heterocycles. The number of hydrogen-bond donors (Lipinski definition) is 1. The minimum absolute atomic E-state index is 0.0134. The van der Waals surface area contributed by atoms with Crippen LogP contribution in [0.5, 0.6) is 5.75 Å². The lowest BCUT2D eigenvalue weighted by molar-refractivity contribution is -0.114. The van der Waals surface area contributed by atoms with E-state index in [1.807, 2.05) is 23.1 Å². The minimum Gasteiger partial charge on any atom is -0.508 e. The van der Waals surface area contributed by atoms with E-state index in [2.05, 4.69) is 13.0 Å². The van der Waals surface area contributed by atoms with Crippen molar-refractivity contribution in [3.05, 3.63) is 65.7 Å². The van der Waals surface area contributed by atoms with E-state index in [1.54, 1.807) is 36.4 Å². The van der Waals surface area contributed by atoms with Gasteiger partial charge in [0.1, 0.15) is 5.75 Å². The van der Waals surface area contributed by atoms with Crippen LogP contribution in [0.3, 0.4) is 0 Å². The number of nitrogens with zero attached hydrogens (tertiary/aromatic N) is 1. The van der Waals surface area contributed by atoms with E-state index in [0.29, 0.717) is 0 Å². The first kappa shape index (κ1) is 13.4. The third kappa shape index (κ3) is 2.68. The molecule has 2 aromatic carbocycles. The lowest BCUT2D eigenvalue weighted by Gasteiger charge is -2.20. The summed E-state index contributed by atoms with van der Waals surface area (Å²) >= 11 is 0. The van der Waals surface area contributed by atoms with Crippen LogP contribution in [0.25, 0.3) is 6.08 Å². The first-order valence-electron chi connectivity index (χ1n) is 7.03. The summed E-state index contributed by atoms with van der Waals surface area (Å²) in [5.41, 5.74) is 3.11. The molecular formula is C18H17NO2. The number of rotatable bonds is 2. The van der Waals surface area contributed by atoms with E-state index in [1.165, 1.54) is 5.56 Å². The van der Waals surface area contributed by atoms with Crippen molar-refractivity contribution in [2.24, 2.45) is 0 Å². The molecule has 0 saturated heterocycles. The molecule has 106 valence electrons. The maximum atomic E-state index is 12.4. The van der Waals surface area contributed by atoms with Gasteiger partial charge >= 0.3 is 0 Å². The summed E-state index contributed by atoms with van der Waals surface area (Å²) in [4.78, 5) is 14.3. The van der Waals surface area contributed by atoms with Crippen LogP contribution in [0.15, 0.2) is 54.6 Å². The Hall–Kier alpha value is -2.55. The van der Waals surface area contributed by atoms with Gasteiger partial charge in [0.25, 0.3) is 5.91 Å². The molecule has 0 radical (unpaired) electrons. The standard InChI is InChI=1S/C18H17NO2/c1-13-12-15-4-2-3-5-17(15)19(13)18(21)11-8-14-6-9-16(20)10-7-14/h2-11,13,20H,12H2,1H3/b11-8+. The van der Waals surface area contributed by atoms with Crippen molar-refractivity contribution in [3.8, 4) is 5.75 Å². The number of aromatic hydroxyl groups is 1. The van der Waals surface area contributed by atoms with Crippen LogP contribution in [-0.4, -0.2) is 17.1 Å². The van der Waals surface area contributed by atoms with Crippen LogP contribution in [0.4, 0.5) is 5.69 Å². The van der Waals surface area contributed by atoms with Crippen molar-refractivity contribution in [1.82, 2.24) is 0 Å². The second-order valence-corrected chi connectivity index (χ2v) is 5.31. The first-order valence-corrected chi connectivity index (χ1v) is 7.03. The van der Waals surface area contributed by atoms with E-state index >= 15 is 0 Å². The van der Waals surface area contributed by atoms with Crippen molar-refractivity contribution in [1.29, 1.82) is 0 Å². The summed E-state index contributed by atoms with van der Waals surface area (Å²) in [7, 11) is 0. The molecule has 3 nitrogen and oxygen atoms in total. The van der Waals surface area contributed by atoms with Crippen LogP contribution >= 0.6 is 0 Å². The van der Waals surface area contributed by atoms with Gasteiger partial charge in [-0.05, 0) is 48.7 Å². The van der Waals surface area contributed by atoms with E-state index in [9.17, 15) is 9.90 Å². The van der Waals surface area contributed by atoms with Crippen LogP contribution in [0.1, 0.15) is 18.1 Å². The van der Waals surface area contributed by atoms with Crippen LogP contribution < -0.4 is 4.90 Å². The Labute approximate surface area is 124 Å². The van der Waals surface area contributed by atoms with Gasteiger partial charge in [0.15, 0.2) is 0 Å². The topological polar surface area (TPSA) is 40.5 Å². The summed E-state index contributed by atoms with van der Waals surface area (Å²) in [6.07, 6.45) is 4.26. The number of carbonyl (C=O) groups is 1. The predicted molar refractivity (Wildman–Crippen MR) is 84.2 cm³/mol. The molecule has 0 aliphatic carbocycles. The highest BCUT2D eigenvalue weighted by Crippen LogP contribution is 2.32. The monoisotopic (exact) mass is 279 g/mol. The number of phenols is 1. The Balaban J connectivity index is 1.81. The molecule has 3 heteroatoms. The molecule has 1 aliphatic heterocycles. The number of amides is 1. The van der Waals surface area contributed by atoms with E-state index < -0.39 is 0 Å². The van der Waals surface area contributed by atoms with E-state index in [0.717, 1.165) is 17.7 Å². The summed E-state index contributed by atoms with van der Waals surface area (Å²) < 4.78 is 0. The third-order valence-electron chi connectivity index (χ3n) is 3.76.